The van der Waals surface area contributed by atoms with E-state index in [0.29, 0.717) is 17.3 Å². The Morgan fingerprint density at radius 3 is 2.83 bits per heavy atom. The Morgan fingerprint density at radius 1 is 1.26 bits per heavy atom. The van der Waals surface area contributed by atoms with Crippen LogP contribution in [0.1, 0.15) is 22.1 Å². The molecule has 3 rings (SSSR count). The van der Waals surface area contributed by atoms with Crippen molar-refractivity contribution in [3.8, 4) is 0 Å². The Morgan fingerprint density at radius 2 is 2.04 bits per heavy atom. The lowest BCUT2D eigenvalue weighted by Gasteiger charge is -2.14. The average molecular weight is 393 g/mol. The van der Waals surface area contributed by atoms with Gasteiger partial charge in [-0.3, -0.25) is 4.79 Å². The summed E-state index contributed by atoms with van der Waals surface area (Å²) in [7, 11) is 0. The number of aromatic nitrogens is 1. The fourth-order valence-electron chi connectivity index (χ4n) is 2.41. The standard InChI is InChI=1S/C17H15BrClN3O/c18-13-4-2-1-3-12(13)14(20)9-21-17(23)16-8-10-7-11(19)5-6-15(10)22-16/h1-8,14,22H,9,20H2,(H,21,23). The van der Waals surface area contributed by atoms with Crippen LogP contribution >= 0.6 is 27.5 Å². The van der Waals surface area contributed by atoms with Crippen LogP contribution in [-0.4, -0.2) is 17.4 Å². The molecule has 1 amide bonds. The molecule has 0 radical (unpaired) electrons. The molecule has 0 bridgehead atoms. The van der Waals surface area contributed by atoms with Crippen molar-refractivity contribution in [3.63, 3.8) is 0 Å². The molecule has 0 aliphatic heterocycles. The van der Waals surface area contributed by atoms with Crippen LogP contribution < -0.4 is 11.1 Å². The predicted molar refractivity (Wildman–Crippen MR) is 96.7 cm³/mol. The molecule has 6 heteroatoms. The Labute approximate surface area is 147 Å². The lowest BCUT2D eigenvalue weighted by Crippen LogP contribution is -2.32. The molecule has 118 valence electrons. The number of nitrogens with one attached hydrogen (secondary N) is 2. The molecule has 4 nitrogen and oxygen atoms in total. The second-order valence-electron chi connectivity index (χ2n) is 5.25. The Balaban J connectivity index is 1.70. The molecule has 1 unspecified atom stereocenters. The Hall–Kier alpha value is -1.82. The third-order valence-corrected chi connectivity index (χ3v) is 4.57. The number of hydrogen-bond acceptors (Lipinski definition) is 2. The van der Waals surface area contributed by atoms with E-state index in [0.717, 1.165) is 20.9 Å². The highest BCUT2D eigenvalue weighted by atomic mass is 79.9. The Bertz CT molecular complexity index is 862. The molecule has 1 aromatic heterocycles. The summed E-state index contributed by atoms with van der Waals surface area (Å²) in [5.74, 6) is -0.195. The van der Waals surface area contributed by atoms with Gasteiger partial charge in [-0.05, 0) is 35.9 Å². The number of carbonyl (C=O) groups is 1. The van der Waals surface area contributed by atoms with Crippen LogP contribution in [0.2, 0.25) is 5.02 Å². The fraction of sp³-hybridized carbons (Fsp3) is 0.118. The maximum Gasteiger partial charge on any atom is 0.267 e. The Kier molecular flexibility index (Phi) is 4.71. The predicted octanol–water partition coefficient (Wildman–Crippen LogP) is 4.01. The number of carbonyl (C=O) groups excluding carboxylic acids is 1. The molecule has 3 aromatic rings. The zero-order valence-corrected chi connectivity index (χ0v) is 14.5. The van der Waals surface area contributed by atoms with Crippen molar-refractivity contribution in [1.29, 1.82) is 0 Å². The van der Waals surface area contributed by atoms with E-state index >= 15 is 0 Å². The number of fused-ring (bicyclic) bond motifs is 1. The second kappa shape index (κ2) is 6.74. The molecule has 0 aliphatic carbocycles. The zero-order valence-electron chi connectivity index (χ0n) is 12.1. The van der Waals surface area contributed by atoms with Crippen molar-refractivity contribution in [2.24, 2.45) is 5.73 Å². The minimum absolute atomic E-state index is 0.195. The first-order valence-corrected chi connectivity index (χ1v) is 8.28. The number of nitrogens with two attached hydrogens (primary N) is 1. The van der Waals surface area contributed by atoms with Crippen molar-refractivity contribution < 1.29 is 4.79 Å². The van der Waals surface area contributed by atoms with Crippen molar-refractivity contribution in [2.45, 2.75) is 6.04 Å². The second-order valence-corrected chi connectivity index (χ2v) is 6.54. The minimum Gasteiger partial charge on any atom is -0.351 e. The molecule has 0 saturated carbocycles. The van der Waals surface area contributed by atoms with Gasteiger partial charge in [0.2, 0.25) is 0 Å². The lowest BCUT2D eigenvalue weighted by molar-refractivity contribution is 0.0947. The summed E-state index contributed by atoms with van der Waals surface area (Å²) >= 11 is 9.42. The fourth-order valence-corrected chi connectivity index (χ4v) is 3.17. The van der Waals surface area contributed by atoms with Gasteiger partial charge >= 0.3 is 0 Å². The molecular weight excluding hydrogens is 378 g/mol. The molecule has 1 atom stereocenters. The quantitative estimate of drug-likeness (QED) is 0.628. The molecule has 0 saturated heterocycles. The summed E-state index contributed by atoms with van der Waals surface area (Å²) in [6, 6.07) is 14.7. The summed E-state index contributed by atoms with van der Waals surface area (Å²) in [5.41, 5.74) is 8.46. The lowest BCUT2D eigenvalue weighted by atomic mass is 10.1. The van der Waals surface area contributed by atoms with Gasteiger partial charge < -0.3 is 16.0 Å². The van der Waals surface area contributed by atoms with Crippen molar-refractivity contribution in [3.05, 3.63) is 69.3 Å². The third kappa shape index (κ3) is 3.58. The van der Waals surface area contributed by atoms with E-state index in [1.165, 1.54) is 0 Å². The molecule has 4 N–H and O–H groups in total. The van der Waals surface area contributed by atoms with Crippen molar-refractivity contribution >= 4 is 44.3 Å². The van der Waals surface area contributed by atoms with E-state index in [9.17, 15) is 4.79 Å². The van der Waals surface area contributed by atoms with Crippen molar-refractivity contribution in [1.82, 2.24) is 10.3 Å². The summed E-state index contributed by atoms with van der Waals surface area (Å²) in [6.07, 6.45) is 0. The maximum atomic E-state index is 12.3. The number of hydrogen-bond donors (Lipinski definition) is 3. The maximum absolute atomic E-state index is 12.3. The van der Waals surface area contributed by atoms with Gasteiger partial charge in [0.1, 0.15) is 5.69 Å². The van der Waals surface area contributed by atoms with E-state index in [1.54, 1.807) is 12.1 Å². The van der Waals surface area contributed by atoms with Gasteiger partial charge in [0, 0.05) is 33.0 Å². The van der Waals surface area contributed by atoms with Crippen molar-refractivity contribution in [2.75, 3.05) is 6.54 Å². The van der Waals surface area contributed by atoms with E-state index in [-0.39, 0.29) is 11.9 Å². The number of H-pyrrole nitrogens is 1. The molecule has 0 spiro atoms. The van der Waals surface area contributed by atoms with Gasteiger partial charge in [0.25, 0.3) is 5.91 Å². The largest absolute Gasteiger partial charge is 0.351 e. The summed E-state index contributed by atoms with van der Waals surface area (Å²) in [6.45, 7) is 0.345. The van der Waals surface area contributed by atoms with Gasteiger partial charge in [0.05, 0.1) is 0 Å². The van der Waals surface area contributed by atoms with Gasteiger partial charge in [-0.1, -0.05) is 45.7 Å². The smallest absolute Gasteiger partial charge is 0.267 e. The highest BCUT2D eigenvalue weighted by Gasteiger charge is 2.13. The van der Waals surface area contributed by atoms with Crippen LogP contribution in [0.4, 0.5) is 0 Å². The minimum atomic E-state index is -0.284. The van der Waals surface area contributed by atoms with E-state index < -0.39 is 0 Å². The first-order valence-electron chi connectivity index (χ1n) is 7.11. The first kappa shape index (κ1) is 16.1. The number of amides is 1. The van der Waals surface area contributed by atoms with E-state index in [2.05, 4.69) is 26.2 Å². The average Bonchev–Trinajstić information content (AvgIpc) is 2.95. The van der Waals surface area contributed by atoms with Crippen LogP contribution in [0.3, 0.4) is 0 Å². The van der Waals surface area contributed by atoms with Gasteiger partial charge in [0.15, 0.2) is 0 Å². The monoisotopic (exact) mass is 391 g/mol. The zero-order chi connectivity index (χ0) is 16.4. The number of halogens is 2. The highest BCUT2D eigenvalue weighted by molar-refractivity contribution is 9.10. The molecule has 1 heterocycles. The molecular formula is C17H15BrClN3O. The summed E-state index contributed by atoms with van der Waals surface area (Å²) in [5, 5.41) is 4.39. The van der Waals surface area contributed by atoms with Gasteiger partial charge in [-0.15, -0.1) is 0 Å². The van der Waals surface area contributed by atoms with Crippen LogP contribution in [-0.2, 0) is 0 Å². The molecule has 0 fully saturated rings. The normalized spacial score (nSPS) is 12.3. The van der Waals surface area contributed by atoms with Gasteiger partial charge in [-0.25, -0.2) is 0 Å². The number of aromatic amines is 1. The van der Waals surface area contributed by atoms with Crippen LogP contribution in [0, 0.1) is 0 Å². The number of benzene rings is 2. The topological polar surface area (TPSA) is 70.9 Å². The van der Waals surface area contributed by atoms with Crippen LogP contribution in [0.5, 0.6) is 0 Å². The van der Waals surface area contributed by atoms with E-state index in [1.807, 2.05) is 36.4 Å². The van der Waals surface area contributed by atoms with Crippen LogP contribution in [0.15, 0.2) is 53.0 Å². The summed E-state index contributed by atoms with van der Waals surface area (Å²) in [4.78, 5) is 15.4. The molecule has 23 heavy (non-hydrogen) atoms. The van der Waals surface area contributed by atoms with Crippen LogP contribution in [0.25, 0.3) is 10.9 Å². The third-order valence-electron chi connectivity index (χ3n) is 3.61. The first-order chi connectivity index (χ1) is 11.0. The molecule has 0 aliphatic rings. The summed E-state index contributed by atoms with van der Waals surface area (Å²) < 4.78 is 0.932. The van der Waals surface area contributed by atoms with E-state index in [4.69, 9.17) is 17.3 Å². The SMILES string of the molecule is NC(CNC(=O)c1cc2cc(Cl)ccc2[nH]1)c1ccccc1Br. The van der Waals surface area contributed by atoms with Gasteiger partial charge in [-0.2, -0.15) is 0 Å². The number of rotatable bonds is 4. The molecule has 2 aromatic carbocycles. The highest BCUT2D eigenvalue weighted by Crippen LogP contribution is 2.22.